The Bertz CT molecular complexity index is 614. The lowest BCUT2D eigenvalue weighted by Gasteiger charge is -2.19. The van der Waals surface area contributed by atoms with Crippen molar-refractivity contribution in [1.29, 1.82) is 0 Å². The Balaban J connectivity index is 1.47. The van der Waals surface area contributed by atoms with Crippen LogP contribution in [0.4, 0.5) is 0 Å². The Morgan fingerprint density at radius 1 is 0.870 bits per heavy atom. The van der Waals surface area contributed by atoms with Crippen LogP contribution in [0.5, 0.6) is 0 Å². The van der Waals surface area contributed by atoms with Crippen LogP contribution in [0.3, 0.4) is 0 Å². The SMILES string of the molecule is CCC1=NC2C(=O)C3C(SC4C5CC(CC)=NC5C(=O)C43)C2C1. The molecule has 1 saturated heterocycles. The molecular formula is C18H22N2O2S. The molecule has 0 N–H and O–H groups in total. The maximum absolute atomic E-state index is 12.9. The third-order valence-electron chi connectivity index (χ3n) is 6.71. The summed E-state index contributed by atoms with van der Waals surface area (Å²) in [4.78, 5) is 35.3. The minimum atomic E-state index is -0.142. The van der Waals surface area contributed by atoms with Gasteiger partial charge in [-0.25, -0.2) is 0 Å². The molecule has 3 fully saturated rings. The molecule has 0 spiro atoms. The van der Waals surface area contributed by atoms with E-state index in [9.17, 15) is 9.59 Å². The zero-order valence-corrected chi connectivity index (χ0v) is 14.4. The molecule has 23 heavy (non-hydrogen) atoms. The number of hydrogen-bond donors (Lipinski definition) is 0. The molecule has 5 rings (SSSR count). The second kappa shape index (κ2) is 4.78. The van der Waals surface area contributed by atoms with Crippen molar-refractivity contribution in [3.63, 3.8) is 0 Å². The van der Waals surface area contributed by atoms with Crippen LogP contribution in [0.15, 0.2) is 9.98 Å². The Kier molecular flexibility index (Phi) is 2.99. The first-order valence-electron chi connectivity index (χ1n) is 8.98. The molecule has 2 aliphatic carbocycles. The summed E-state index contributed by atoms with van der Waals surface area (Å²) in [6.07, 6.45) is 3.85. The fourth-order valence-corrected chi connectivity index (χ4v) is 7.84. The van der Waals surface area contributed by atoms with Crippen molar-refractivity contribution in [3.05, 3.63) is 0 Å². The number of hydrogen-bond acceptors (Lipinski definition) is 5. The number of fused-ring (bicyclic) bond motifs is 7. The molecule has 0 aromatic heterocycles. The van der Waals surface area contributed by atoms with Gasteiger partial charge in [0.1, 0.15) is 12.1 Å². The summed E-state index contributed by atoms with van der Waals surface area (Å²) in [6, 6.07) is -0.285. The van der Waals surface area contributed by atoms with E-state index in [0.29, 0.717) is 22.3 Å². The van der Waals surface area contributed by atoms with Crippen molar-refractivity contribution < 1.29 is 9.59 Å². The number of carbonyl (C=O) groups is 2. The molecule has 0 amide bonds. The molecule has 4 nitrogen and oxygen atoms in total. The maximum Gasteiger partial charge on any atom is 0.162 e. The van der Waals surface area contributed by atoms with Gasteiger partial charge in [-0.3, -0.25) is 19.6 Å². The summed E-state index contributed by atoms with van der Waals surface area (Å²) in [5.74, 6) is 1.10. The van der Waals surface area contributed by atoms with Crippen LogP contribution in [-0.4, -0.2) is 45.6 Å². The van der Waals surface area contributed by atoms with Crippen molar-refractivity contribution in [2.24, 2.45) is 33.7 Å². The van der Waals surface area contributed by atoms with Gasteiger partial charge in [0.15, 0.2) is 11.6 Å². The van der Waals surface area contributed by atoms with Crippen molar-refractivity contribution in [3.8, 4) is 0 Å². The molecular weight excluding hydrogens is 308 g/mol. The van der Waals surface area contributed by atoms with Crippen molar-refractivity contribution >= 4 is 34.8 Å². The highest BCUT2D eigenvalue weighted by molar-refractivity contribution is 8.01. The van der Waals surface area contributed by atoms with Gasteiger partial charge in [-0.05, 0) is 25.7 Å². The first kappa shape index (κ1) is 14.4. The van der Waals surface area contributed by atoms with E-state index in [1.165, 1.54) is 11.4 Å². The molecule has 8 unspecified atom stereocenters. The first-order valence-corrected chi connectivity index (χ1v) is 9.92. The number of thioether (sulfide) groups is 1. The quantitative estimate of drug-likeness (QED) is 0.781. The van der Waals surface area contributed by atoms with E-state index >= 15 is 0 Å². The molecule has 8 atom stereocenters. The number of carbonyl (C=O) groups excluding carboxylic acids is 2. The van der Waals surface area contributed by atoms with Crippen LogP contribution in [0.25, 0.3) is 0 Å². The Labute approximate surface area is 140 Å². The molecule has 5 aliphatic rings. The standard InChI is InChI=1S/C18H22N2O2S/c1-3-7-5-9-13(19-7)15(21)11-12-16(22)14-10(6-8(4-2)20-14)18(12)23-17(9)11/h9-14,17-18H,3-6H2,1-2H3. The van der Waals surface area contributed by atoms with Gasteiger partial charge in [0, 0.05) is 45.6 Å². The zero-order chi connectivity index (χ0) is 15.9. The summed E-state index contributed by atoms with van der Waals surface area (Å²) in [5, 5.41) is 0.650. The van der Waals surface area contributed by atoms with Gasteiger partial charge in [0.25, 0.3) is 0 Å². The van der Waals surface area contributed by atoms with E-state index in [4.69, 9.17) is 0 Å². The molecule has 0 aromatic rings. The minimum absolute atomic E-state index is 0.0690. The van der Waals surface area contributed by atoms with Gasteiger partial charge >= 0.3 is 0 Å². The van der Waals surface area contributed by atoms with E-state index in [1.807, 2.05) is 11.8 Å². The lowest BCUT2D eigenvalue weighted by atomic mass is 9.85. The topological polar surface area (TPSA) is 58.9 Å². The van der Waals surface area contributed by atoms with E-state index in [0.717, 1.165) is 25.7 Å². The fraction of sp³-hybridized carbons (Fsp3) is 0.778. The Hall–Kier alpha value is -0.970. The predicted octanol–water partition coefficient (Wildman–Crippen LogP) is 2.35. The average molecular weight is 330 g/mol. The summed E-state index contributed by atoms with van der Waals surface area (Å²) in [6.45, 7) is 4.24. The van der Waals surface area contributed by atoms with Crippen LogP contribution >= 0.6 is 11.8 Å². The number of rotatable bonds is 2. The number of ketones is 2. The highest BCUT2D eigenvalue weighted by Crippen LogP contribution is 2.61. The maximum atomic E-state index is 12.9. The van der Waals surface area contributed by atoms with Gasteiger partial charge in [0.2, 0.25) is 0 Å². The summed E-state index contributed by atoms with van der Waals surface area (Å²) in [5.41, 5.74) is 2.40. The molecule has 0 aromatic carbocycles. The predicted molar refractivity (Wildman–Crippen MR) is 91.4 cm³/mol. The zero-order valence-electron chi connectivity index (χ0n) is 13.6. The van der Waals surface area contributed by atoms with Crippen LogP contribution in [0.1, 0.15) is 39.5 Å². The van der Waals surface area contributed by atoms with Gasteiger partial charge in [0.05, 0.1) is 0 Å². The monoisotopic (exact) mass is 330 g/mol. The van der Waals surface area contributed by atoms with Crippen LogP contribution < -0.4 is 0 Å². The third kappa shape index (κ3) is 1.70. The number of aliphatic imine (C=N–C) groups is 2. The summed E-state index contributed by atoms with van der Waals surface area (Å²) < 4.78 is 0. The first-order chi connectivity index (χ1) is 11.1. The highest BCUT2D eigenvalue weighted by atomic mass is 32.2. The lowest BCUT2D eigenvalue weighted by molar-refractivity contribution is -0.129. The third-order valence-corrected chi connectivity index (χ3v) is 8.62. The van der Waals surface area contributed by atoms with Gasteiger partial charge in [-0.15, -0.1) is 0 Å². The molecule has 0 bridgehead atoms. The van der Waals surface area contributed by atoms with Crippen LogP contribution in [0, 0.1) is 23.7 Å². The highest BCUT2D eigenvalue weighted by Gasteiger charge is 2.68. The smallest absolute Gasteiger partial charge is 0.162 e. The summed E-state index contributed by atoms with van der Waals surface area (Å²) in [7, 11) is 0. The van der Waals surface area contributed by atoms with Crippen LogP contribution in [-0.2, 0) is 9.59 Å². The molecule has 5 heteroatoms. The van der Waals surface area contributed by atoms with Crippen molar-refractivity contribution in [1.82, 2.24) is 0 Å². The van der Waals surface area contributed by atoms with Gasteiger partial charge < -0.3 is 0 Å². The Morgan fingerprint density at radius 3 is 1.70 bits per heavy atom. The normalized spacial score (nSPS) is 49.8. The second-order valence-corrected chi connectivity index (χ2v) is 9.01. The van der Waals surface area contributed by atoms with E-state index < -0.39 is 0 Å². The minimum Gasteiger partial charge on any atom is -0.297 e. The molecule has 3 aliphatic heterocycles. The number of Topliss-reactive ketones (excluding diaryl/α,β-unsaturated/α-hetero) is 2. The largest absolute Gasteiger partial charge is 0.297 e. The number of nitrogens with zero attached hydrogens (tertiary/aromatic N) is 2. The molecule has 3 heterocycles. The Morgan fingerprint density at radius 2 is 1.30 bits per heavy atom. The van der Waals surface area contributed by atoms with E-state index in [2.05, 4.69) is 23.8 Å². The lowest BCUT2D eigenvalue weighted by Crippen LogP contribution is -2.31. The van der Waals surface area contributed by atoms with E-state index in [-0.39, 0.29) is 35.5 Å². The molecule has 0 radical (unpaired) electrons. The summed E-state index contributed by atoms with van der Waals surface area (Å²) >= 11 is 1.95. The van der Waals surface area contributed by atoms with Crippen molar-refractivity contribution in [2.45, 2.75) is 62.1 Å². The van der Waals surface area contributed by atoms with E-state index in [1.54, 1.807) is 0 Å². The van der Waals surface area contributed by atoms with Gasteiger partial charge in [-0.1, -0.05) is 13.8 Å². The molecule has 2 saturated carbocycles. The second-order valence-electron chi connectivity index (χ2n) is 7.65. The van der Waals surface area contributed by atoms with Crippen LogP contribution in [0.2, 0.25) is 0 Å². The van der Waals surface area contributed by atoms with Gasteiger partial charge in [-0.2, -0.15) is 11.8 Å². The fourth-order valence-electron chi connectivity index (χ4n) is 5.64. The average Bonchev–Trinajstić information content (AvgIpc) is 3.29. The molecule has 122 valence electrons. The van der Waals surface area contributed by atoms with Crippen molar-refractivity contribution in [2.75, 3.05) is 0 Å².